The molecule has 1 aromatic heterocycles. The van der Waals surface area contributed by atoms with E-state index in [0.29, 0.717) is 37.3 Å². The van der Waals surface area contributed by atoms with Gasteiger partial charge in [0.15, 0.2) is 0 Å². The van der Waals surface area contributed by atoms with Crippen LogP contribution in [0, 0.1) is 12.3 Å². The normalized spacial score (nSPS) is 16.9. The molecule has 31 heavy (non-hydrogen) atoms. The van der Waals surface area contributed by atoms with E-state index in [-0.39, 0.29) is 24.3 Å². The van der Waals surface area contributed by atoms with Gasteiger partial charge in [-0.05, 0) is 19.1 Å². The number of fused-ring (bicyclic) bond motifs is 1. The smallest absolute Gasteiger partial charge is 0.263 e. The molecule has 0 atom stereocenters. The third-order valence-corrected chi connectivity index (χ3v) is 6.19. The Morgan fingerprint density at radius 1 is 1.06 bits per heavy atom. The summed E-state index contributed by atoms with van der Waals surface area (Å²) in [4.78, 5) is 44.2. The Labute approximate surface area is 182 Å². The van der Waals surface area contributed by atoms with Crippen LogP contribution >= 0.6 is 0 Å². The van der Waals surface area contributed by atoms with Gasteiger partial charge in [0.1, 0.15) is 0 Å². The molecule has 164 valence electrons. The third kappa shape index (κ3) is 3.60. The minimum Gasteiger partial charge on any atom is -0.367 e. The Kier molecular flexibility index (Phi) is 5.11. The van der Waals surface area contributed by atoms with E-state index in [1.54, 1.807) is 16.9 Å². The first-order valence-corrected chi connectivity index (χ1v) is 10.6. The number of anilines is 1. The van der Waals surface area contributed by atoms with Crippen LogP contribution in [-0.4, -0.2) is 63.5 Å². The molecular weight excluding hydrogens is 394 g/mol. The Hall–Kier alpha value is -3.16. The van der Waals surface area contributed by atoms with Gasteiger partial charge in [-0.15, -0.1) is 0 Å². The summed E-state index contributed by atoms with van der Waals surface area (Å²) in [6, 6.07) is 5.43. The molecule has 2 aromatic rings. The van der Waals surface area contributed by atoms with Crippen LogP contribution in [0.5, 0.6) is 0 Å². The van der Waals surface area contributed by atoms with Crippen molar-refractivity contribution in [2.75, 3.05) is 31.1 Å². The Morgan fingerprint density at radius 3 is 2.32 bits per heavy atom. The lowest BCUT2D eigenvalue weighted by atomic mass is 9.94. The molecule has 1 saturated heterocycles. The summed E-state index contributed by atoms with van der Waals surface area (Å²) in [5, 5.41) is 4.21. The Bertz CT molecular complexity index is 1060. The lowest BCUT2D eigenvalue weighted by Gasteiger charge is -2.39. The van der Waals surface area contributed by atoms with Gasteiger partial charge in [-0.1, -0.05) is 26.8 Å². The maximum absolute atomic E-state index is 13.3. The number of hydrogen-bond acceptors (Lipinski definition) is 5. The van der Waals surface area contributed by atoms with Crippen molar-refractivity contribution in [2.45, 2.75) is 34.2 Å². The molecule has 2 aliphatic rings. The summed E-state index contributed by atoms with van der Waals surface area (Å²) in [5.41, 5.74) is 3.04. The van der Waals surface area contributed by atoms with Gasteiger partial charge in [-0.2, -0.15) is 5.10 Å². The summed E-state index contributed by atoms with van der Waals surface area (Å²) in [6.07, 6.45) is 1.70. The molecule has 1 aromatic carbocycles. The van der Waals surface area contributed by atoms with Crippen molar-refractivity contribution in [2.24, 2.45) is 12.5 Å². The van der Waals surface area contributed by atoms with E-state index in [4.69, 9.17) is 0 Å². The van der Waals surface area contributed by atoms with E-state index in [0.717, 1.165) is 16.9 Å². The summed E-state index contributed by atoms with van der Waals surface area (Å²) < 4.78 is 1.73. The topological polar surface area (TPSA) is 78.8 Å². The van der Waals surface area contributed by atoms with Crippen molar-refractivity contribution in [1.29, 1.82) is 0 Å². The van der Waals surface area contributed by atoms with E-state index < -0.39 is 5.41 Å². The molecule has 0 saturated carbocycles. The Morgan fingerprint density at radius 2 is 1.74 bits per heavy atom. The molecule has 0 spiro atoms. The highest BCUT2D eigenvalue weighted by Crippen LogP contribution is 2.33. The van der Waals surface area contributed by atoms with Gasteiger partial charge in [-0.25, -0.2) is 0 Å². The number of carbonyl (C=O) groups excluding carboxylic acids is 3. The van der Waals surface area contributed by atoms with Gasteiger partial charge in [0.25, 0.3) is 11.8 Å². The molecule has 2 aliphatic heterocycles. The van der Waals surface area contributed by atoms with Gasteiger partial charge in [0, 0.05) is 49.9 Å². The largest absolute Gasteiger partial charge is 0.367 e. The zero-order valence-corrected chi connectivity index (χ0v) is 18.8. The third-order valence-electron chi connectivity index (χ3n) is 6.19. The maximum atomic E-state index is 13.3. The van der Waals surface area contributed by atoms with Gasteiger partial charge in [-0.3, -0.25) is 24.0 Å². The number of amides is 3. The standard InChI is InChI=1S/C23H29N5O3/c1-15-16(13-24-25(15)5)14-28-20(29)17-7-6-8-18(19(17)21(28)30)26-9-11-27(12-10-26)22(31)23(2,3)4/h6-8,13H,9-12,14H2,1-5H3. The first-order chi connectivity index (χ1) is 14.6. The number of piperazine rings is 1. The van der Waals surface area contributed by atoms with Crippen LogP contribution in [0.4, 0.5) is 5.69 Å². The molecule has 0 N–H and O–H groups in total. The molecule has 0 bridgehead atoms. The number of hydrogen-bond donors (Lipinski definition) is 0. The molecule has 3 heterocycles. The number of carbonyl (C=O) groups is 3. The molecule has 1 fully saturated rings. The van der Waals surface area contributed by atoms with Crippen molar-refractivity contribution in [3.05, 3.63) is 46.8 Å². The fourth-order valence-corrected chi connectivity index (χ4v) is 4.22. The van der Waals surface area contributed by atoms with E-state index in [2.05, 4.69) is 10.00 Å². The van der Waals surface area contributed by atoms with Crippen LogP contribution in [0.15, 0.2) is 24.4 Å². The van der Waals surface area contributed by atoms with Crippen molar-refractivity contribution in [3.8, 4) is 0 Å². The van der Waals surface area contributed by atoms with Crippen LogP contribution in [0.1, 0.15) is 52.7 Å². The summed E-state index contributed by atoms with van der Waals surface area (Å²) >= 11 is 0. The summed E-state index contributed by atoms with van der Waals surface area (Å²) in [7, 11) is 1.84. The second-order valence-corrected chi connectivity index (χ2v) is 9.30. The number of aromatic nitrogens is 2. The molecule has 8 heteroatoms. The maximum Gasteiger partial charge on any atom is 0.263 e. The van der Waals surface area contributed by atoms with Gasteiger partial charge < -0.3 is 9.80 Å². The monoisotopic (exact) mass is 423 g/mol. The van der Waals surface area contributed by atoms with Crippen LogP contribution in [0.2, 0.25) is 0 Å². The first-order valence-electron chi connectivity index (χ1n) is 10.6. The van der Waals surface area contributed by atoms with Crippen molar-refractivity contribution in [3.63, 3.8) is 0 Å². The number of nitrogens with zero attached hydrogens (tertiary/aromatic N) is 5. The van der Waals surface area contributed by atoms with Crippen LogP contribution in [0.25, 0.3) is 0 Å². The number of rotatable bonds is 3. The van der Waals surface area contributed by atoms with E-state index >= 15 is 0 Å². The Balaban J connectivity index is 1.56. The number of aryl methyl sites for hydroxylation is 1. The van der Waals surface area contributed by atoms with Crippen LogP contribution in [0.3, 0.4) is 0 Å². The van der Waals surface area contributed by atoms with Crippen LogP contribution in [-0.2, 0) is 18.4 Å². The molecule has 0 radical (unpaired) electrons. The second kappa shape index (κ2) is 7.51. The van der Waals surface area contributed by atoms with Crippen LogP contribution < -0.4 is 4.90 Å². The zero-order chi connectivity index (χ0) is 22.5. The molecule has 8 nitrogen and oxygen atoms in total. The average molecular weight is 424 g/mol. The SMILES string of the molecule is Cc1c(CN2C(=O)c3cccc(N4CCN(C(=O)C(C)(C)C)CC4)c3C2=O)cnn1C. The number of imide groups is 1. The lowest BCUT2D eigenvalue weighted by Crippen LogP contribution is -2.52. The predicted octanol–water partition coefficient (Wildman–Crippen LogP) is 2.22. The van der Waals surface area contributed by atoms with Gasteiger partial charge in [0.2, 0.25) is 5.91 Å². The van der Waals surface area contributed by atoms with Crippen molar-refractivity contribution in [1.82, 2.24) is 19.6 Å². The lowest BCUT2D eigenvalue weighted by molar-refractivity contribution is -0.139. The number of benzene rings is 1. The minimum atomic E-state index is -0.413. The average Bonchev–Trinajstić information content (AvgIpc) is 3.19. The predicted molar refractivity (Wildman–Crippen MR) is 117 cm³/mol. The molecule has 0 aliphatic carbocycles. The molecular formula is C23H29N5O3. The highest BCUT2D eigenvalue weighted by Gasteiger charge is 2.39. The van der Waals surface area contributed by atoms with Crippen molar-refractivity contribution >= 4 is 23.4 Å². The highest BCUT2D eigenvalue weighted by atomic mass is 16.2. The highest BCUT2D eigenvalue weighted by molar-refractivity contribution is 6.23. The first kappa shape index (κ1) is 21.1. The zero-order valence-electron chi connectivity index (χ0n) is 18.8. The fraction of sp³-hybridized carbons (Fsp3) is 0.478. The molecule has 4 rings (SSSR count). The fourth-order valence-electron chi connectivity index (χ4n) is 4.22. The van der Waals surface area contributed by atoms with E-state index in [1.807, 2.05) is 51.8 Å². The molecule has 0 unspecified atom stereocenters. The quantitative estimate of drug-likeness (QED) is 0.708. The van der Waals surface area contributed by atoms with Crippen molar-refractivity contribution < 1.29 is 14.4 Å². The van der Waals surface area contributed by atoms with Gasteiger partial charge in [0.05, 0.1) is 29.6 Å². The van der Waals surface area contributed by atoms with E-state index in [1.165, 1.54) is 4.90 Å². The van der Waals surface area contributed by atoms with E-state index in [9.17, 15) is 14.4 Å². The second-order valence-electron chi connectivity index (χ2n) is 9.30. The summed E-state index contributed by atoms with van der Waals surface area (Å²) in [5.74, 6) is -0.409. The molecule has 3 amide bonds. The summed E-state index contributed by atoms with van der Waals surface area (Å²) in [6.45, 7) is 10.4. The minimum absolute atomic E-state index is 0.134. The van der Waals surface area contributed by atoms with Gasteiger partial charge >= 0.3 is 0 Å².